The van der Waals surface area contributed by atoms with Gasteiger partial charge >= 0.3 is 0 Å². The van der Waals surface area contributed by atoms with E-state index in [1.54, 1.807) is 19.4 Å². The zero-order valence-electron chi connectivity index (χ0n) is 9.10. The molecule has 0 unspecified atom stereocenters. The number of rotatable bonds is 3. The first-order valence-corrected chi connectivity index (χ1v) is 5.09. The van der Waals surface area contributed by atoms with Crippen LogP contribution in [0.4, 0.5) is 0 Å². The number of pyridine rings is 1. The lowest BCUT2D eigenvalue weighted by Crippen LogP contribution is -2.18. The first kappa shape index (κ1) is 11.3. The third-order valence-electron chi connectivity index (χ3n) is 2.62. The van der Waals surface area contributed by atoms with Crippen molar-refractivity contribution in [1.82, 2.24) is 4.98 Å². The predicted molar refractivity (Wildman–Crippen MR) is 59.1 cm³/mol. The monoisotopic (exact) mass is 213 g/mol. The van der Waals surface area contributed by atoms with Crippen molar-refractivity contribution < 1.29 is 4.74 Å². The molecule has 2 nitrogen and oxygen atoms in total. The van der Waals surface area contributed by atoms with Gasteiger partial charge in [0.05, 0.1) is 12.1 Å². The smallest absolute Gasteiger partial charge is 0.218 e. The molecule has 0 spiro atoms. The standard InChI is InChI=1S/C11H16ClNO/c1-5-11(2,3)9-8(12)6-7-13-10(9)14-4/h6-7H,5H2,1-4H3. The summed E-state index contributed by atoms with van der Waals surface area (Å²) in [6.45, 7) is 6.40. The minimum atomic E-state index is -0.00329. The molecule has 0 aliphatic carbocycles. The van der Waals surface area contributed by atoms with Crippen LogP contribution in [-0.4, -0.2) is 12.1 Å². The van der Waals surface area contributed by atoms with Crippen molar-refractivity contribution in [2.45, 2.75) is 32.6 Å². The average molecular weight is 214 g/mol. The summed E-state index contributed by atoms with van der Waals surface area (Å²) < 4.78 is 5.22. The van der Waals surface area contributed by atoms with Gasteiger partial charge in [-0.15, -0.1) is 0 Å². The average Bonchev–Trinajstić information content (AvgIpc) is 2.17. The van der Waals surface area contributed by atoms with Gasteiger partial charge in [-0.2, -0.15) is 0 Å². The molecular formula is C11H16ClNO. The van der Waals surface area contributed by atoms with Crippen molar-refractivity contribution in [3.63, 3.8) is 0 Å². The van der Waals surface area contributed by atoms with Gasteiger partial charge in [0, 0.05) is 11.8 Å². The Hall–Kier alpha value is -0.760. The molecule has 1 aromatic heterocycles. The van der Waals surface area contributed by atoms with Crippen LogP contribution >= 0.6 is 11.6 Å². The molecule has 0 saturated carbocycles. The van der Waals surface area contributed by atoms with Crippen LogP contribution in [0.1, 0.15) is 32.8 Å². The van der Waals surface area contributed by atoms with Gasteiger partial charge in [0.15, 0.2) is 0 Å². The van der Waals surface area contributed by atoms with Crippen LogP contribution in [0, 0.1) is 0 Å². The Morgan fingerprint density at radius 2 is 2.14 bits per heavy atom. The van der Waals surface area contributed by atoms with E-state index in [4.69, 9.17) is 16.3 Å². The highest BCUT2D eigenvalue weighted by Crippen LogP contribution is 2.37. The molecule has 0 fully saturated rings. The summed E-state index contributed by atoms with van der Waals surface area (Å²) >= 11 is 6.15. The Morgan fingerprint density at radius 3 is 2.64 bits per heavy atom. The van der Waals surface area contributed by atoms with Crippen molar-refractivity contribution in [2.75, 3.05) is 7.11 Å². The molecule has 0 saturated heterocycles. The lowest BCUT2D eigenvalue weighted by Gasteiger charge is -2.25. The fraction of sp³-hybridized carbons (Fsp3) is 0.545. The van der Waals surface area contributed by atoms with Crippen molar-refractivity contribution in [3.8, 4) is 5.88 Å². The molecule has 1 rings (SSSR count). The molecule has 0 amide bonds. The van der Waals surface area contributed by atoms with Gasteiger partial charge in [-0.05, 0) is 17.9 Å². The first-order valence-electron chi connectivity index (χ1n) is 4.72. The third kappa shape index (κ3) is 2.01. The lowest BCUT2D eigenvalue weighted by atomic mass is 9.83. The Balaban J connectivity index is 3.30. The fourth-order valence-electron chi connectivity index (χ4n) is 1.36. The van der Waals surface area contributed by atoms with E-state index in [0.29, 0.717) is 5.88 Å². The SMILES string of the molecule is CCC(C)(C)c1c(Cl)ccnc1OC. The molecule has 0 aromatic carbocycles. The molecule has 1 heterocycles. The summed E-state index contributed by atoms with van der Waals surface area (Å²) in [4.78, 5) is 4.17. The summed E-state index contributed by atoms with van der Waals surface area (Å²) in [7, 11) is 1.62. The van der Waals surface area contributed by atoms with Gasteiger partial charge in [-0.1, -0.05) is 32.4 Å². The largest absolute Gasteiger partial charge is 0.481 e. The van der Waals surface area contributed by atoms with Crippen LogP contribution in [0.2, 0.25) is 5.02 Å². The van der Waals surface area contributed by atoms with Crippen LogP contribution in [0.5, 0.6) is 5.88 Å². The van der Waals surface area contributed by atoms with Crippen LogP contribution in [0.3, 0.4) is 0 Å². The van der Waals surface area contributed by atoms with Crippen LogP contribution in [0.25, 0.3) is 0 Å². The van der Waals surface area contributed by atoms with Crippen molar-refractivity contribution in [2.24, 2.45) is 0 Å². The summed E-state index contributed by atoms with van der Waals surface area (Å²) in [5.74, 6) is 0.629. The summed E-state index contributed by atoms with van der Waals surface area (Å²) in [5, 5.41) is 0.726. The van der Waals surface area contributed by atoms with Crippen molar-refractivity contribution in [1.29, 1.82) is 0 Å². The molecule has 78 valence electrons. The van der Waals surface area contributed by atoms with Gasteiger partial charge in [0.1, 0.15) is 0 Å². The molecule has 0 N–H and O–H groups in total. The van der Waals surface area contributed by atoms with Crippen molar-refractivity contribution >= 4 is 11.6 Å². The molecule has 1 aromatic rings. The highest BCUT2D eigenvalue weighted by Gasteiger charge is 2.25. The lowest BCUT2D eigenvalue weighted by molar-refractivity contribution is 0.373. The van der Waals surface area contributed by atoms with E-state index >= 15 is 0 Å². The topological polar surface area (TPSA) is 22.1 Å². The fourth-order valence-corrected chi connectivity index (χ4v) is 1.76. The zero-order chi connectivity index (χ0) is 10.8. The highest BCUT2D eigenvalue weighted by molar-refractivity contribution is 6.31. The minimum Gasteiger partial charge on any atom is -0.481 e. The second-order valence-corrected chi connectivity index (χ2v) is 4.32. The normalized spacial score (nSPS) is 11.5. The molecule has 0 radical (unpaired) electrons. The van der Waals surface area contributed by atoms with E-state index < -0.39 is 0 Å². The van der Waals surface area contributed by atoms with E-state index in [0.717, 1.165) is 17.0 Å². The highest BCUT2D eigenvalue weighted by atomic mass is 35.5. The maximum atomic E-state index is 6.15. The van der Waals surface area contributed by atoms with E-state index in [1.807, 2.05) is 0 Å². The van der Waals surface area contributed by atoms with Crippen LogP contribution in [-0.2, 0) is 5.41 Å². The molecule has 0 bridgehead atoms. The Kier molecular flexibility index (Phi) is 3.38. The molecular weight excluding hydrogens is 198 g/mol. The van der Waals surface area contributed by atoms with E-state index in [-0.39, 0.29) is 5.41 Å². The first-order chi connectivity index (χ1) is 6.53. The number of hydrogen-bond acceptors (Lipinski definition) is 2. The third-order valence-corrected chi connectivity index (χ3v) is 2.93. The number of halogens is 1. The minimum absolute atomic E-state index is 0.00329. The Morgan fingerprint density at radius 1 is 1.50 bits per heavy atom. The summed E-state index contributed by atoms with van der Waals surface area (Å²) in [6.07, 6.45) is 2.66. The van der Waals surface area contributed by atoms with Gasteiger partial charge < -0.3 is 4.74 Å². The number of aromatic nitrogens is 1. The Labute approximate surface area is 90.3 Å². The Bertz CT molecular complexity index is 323. The van der Waals surface area contributed by atoms with Gasteiger partial charge in [-0.3, -0.25) is 0 Å². The molecule has 0 aliphatic rings. The maximum Gasteiger partial charge on any atom is 0.218 e. The van der Waals surface area contributed by atoms with E-state index in [2.05, 4.69) is 25.8 Å². The molecule has 0 atom stereocenters. The second-order valence-electron chi connectivity index (χ2n) is 3.91. The summed E-state index contributed by atoms with van der Waals surface area (Å²) in [5.41, 5.74) is 0.989. The second kappa shape index (κ2) is 4.18. The van der Waals surface area contributed by atoms with Gasteiger partial charge in [-0.25, -0.2) is 4.98 Å². The number of hydrogen-bond donors (Lipinski definition) is 0. The maximum absolute atomic E-state index is 6.15. The number of nitrogens with zero attached hydrogens (tertiary/aromatic N) is 1. The van der Waals surface area contributed by atoms with Gasteiger partial charge in [0.25, 0.3) is 0 Å². The van der Waals surface area contributed by atoms with Crippen LogP contribution < -0.4 is 4.74 Å². The number of methoxy groups -OCH3 is 1. The van der Waals surface area contributed by atoms with Gasteiger partial charge in [0.2, 0.25) is 5.88 Å². The van der Waals surface area contributed by atoms with E-state index in [1.165, 1.54) is 0 Å². The molecule has 0 aliphatic heterocycles. The van der Waals surface area contributed by atoms with Crippen LogP contribution in [0.15, 0.2) is 12.3 Å². The zero-order valence-corrected chi connectivity index (χ0v) is 9.85. The van der Waals surface area contributed by atoms with E-state index in [9.17, 15) is 0 Å². The summed E-state index contributed by atoms with van der Waals surface area (Å²) in [6, 6.07) is 1.80. The molecule has 3 heteroatoms. The number of ether oxygens (including phenoxy) is 1. The quantitative estimate of drug-likeness (QED) is 0.768. The predicted octanol–water partition coefficient (Wildman–Crippen LogP) is 3.43. The van der Waals surface area contributed by atoms with Crippen molar-refractivity contribution in [3.05, 3.63) is 22.8 Å². The molecule has 14 heavy (non-hydrogen) atoms.